The largest absolute Gasteiger partial charge is 0.497 e. The van der Waals surface area contributed by atoms with Gasteiger partial charge in [0.2, 0.25) is 0 Å². The Hall–Kier alpha value is -1.48. The standard InChI is InChI=1S/C11H10ClNO2/c1-14-10-4-2-3-8(5-10)11-9(6-12)7-13-15-11/h2-5,7H,6H2,1H3. The average molecular weight is 224 g/mol. The van der Waals surface area contributed by atoms with Gasteiger partial charge in [0.25, 0.3) is 0 Å². The molecule has 3 nitrogen and oxygen atoms in total. The van der Waals surface area contributed by atoms with Crippen molar-refractivity contribution in [3.63, 3.8) is 0 Å². The Morgan fingerprint density at radius 1 is 1.47 bits per heavy atom. The fraction of sp³-hybridized carbons (Fsp3) is 0.182. The van der Waals surface area contributed by atoms with Crippen molar-refractivity contribution < 1.29 is 9.26 Å². The van der Waals surface area contributed by atoms with Gasteiger partial charge >= 0.3 is 0 Å². The molecule has 0 amide bonds. The number of hydrogen-bond acceptors (Lipinski definition) is 3. The first-order valence-corrected chi connectivity index (χ1v) is 5.02. The van der Waals surface area contributed by atoms with E-state index in [1.165, 1.54) is 0 Å². The maximum atomic E-state index is 5.77. The highest BCUT2D eigenvalue weighted by Gasteiger charge is 2.10. The van der Waals surface area contributed by atoms with Gasteiger partial charge in [-0.05, 0) is 12.1 Å². The van der Waals surface area contributed by atoms with Crippen LogP contribution in [0, 0.1) is 0 Å². The number of rotatable bonds is 3. The van der Waals surface area contributed by atoms with Crippen molar-refractivity contribution in [3.8, 4) is 17.1 Å². The van der Waals surface area contributed by atoms with E-state index >= 15 is 0 Å². The summed E-state index contributed by atoms with van der Waals surface area (Å²) in [5, 5.41) is 3.72. The lowest BCUT2D eigenvalue weighted by molar-refractivity contribution is 0.413. The zero-order valence-electron chi connectivity index (χ0n) is 8.24. The molecule has 1 aromatic heterocycles. The van der Waals surface area contributed by atoms with Crippen LogP contribution >= 0.6 is 11.6 Å². The second-order valence-electron chi connectivity index (χ2n) is 3.05. The highest BCUT2D eigenvalue weighted by Crippen LogP contribution is 2.27. The summed E-state index contributed by atoms with van der Waals surface area (Å²) in [5.74, 6) is 1.86. The number of hydrogen-bond donors (Lipinski definition) is 0. The first-order chi connectivity index (χ1) is 7.35. The van der Waals surface area contributed by atoms with Crippen molar-refractivity contribution >= 4 is 11.6 Å². The SMILES string of the molecule is COc1cccc(-c2oncc2CCl)c1. The lowest BCUT2D eigenvalue weighted by Crippen LogP contribution is -1.84. The fourth-order valence-electron chi connectivity index (χ4n) is 1.36. The van der Waals surface area contributed by atoms with Crippen LogP contribution in [-0.2, 0) is 5.88 Å². The summed E-state index contributed by atoms with van der Waals surface area (Å²) in [4.78, 5) is 0. The molecule has 0 aliphatic heterocycles. The number of nitrogens with zero attached hydrogens (tertiary/aromatic N) is 1. The van der Waals surface area contributed by atoms with Crippen LogP contribution in [0.1, 0.15) is 5.56 Å². The van der Waals surface area contributed by atoms with Gasteiger partial charge in [-0.2, -0.15) is 0 Å². The van der Waals surface area contributed by atoms with Crippen LogP contribution in [0.25, 0.3) is 11.3 Å². The van der Waals surface area contributed by atoms with Gasteiger partial charge in [0.15, 0.2) is 5.76 Å². The van der Waals surface area contributed by atoms with Crippen LogP contribution in [0.4, 0.5) is 0 Å². The van der Waals surface area contributed by atoms with Gasteiger partial charge in [0.1, 0.15) is 5.75 Å². The van der Waals surface area contributed by atoms with Crippen LogP contribution < -0.4 is 4.74 Å². The molecular formula is C11H10ClNO2. The van der Waals surface area contributed by atoms with Crippen molar-refractivity contribution in [2.75, 3.05) is 7.11 Å². The number of halogens is 1. The molecule has 1 aromatic carbocycles. The Kier molecular flexibility index (Phi) is 2.92. The summed E-state index contributed by atoms with van der Waals surface area (Å²) in [6, 6.07) is 7.59. The smallest absolute Gasteiger partial charge is 0.171 e. The highest BCUT2D eigenvalue weighted by molar-refractivity contribution is 6.17. The molecule has 78 valence electrons. The van der Waals surface area contributed by atoms with Crippen LogP contribution in [0.3, 0.4) is 0 Å². The van der Waals surface area contributed by atoms with Crippen molar-refractivity contribution in [1.29, 1.82) is 0 Å². The van der Waals surface area contributed by atoms with E-state index in [0.29, 0.717) is 11.6 Å². The third kappa shape index (κ3) is 1.97. The fourth-order valence-corrected chi connectivity index (χ4v) is 1.55. The second-order valence-corrected chi connectivity index (χ2v) is 3.31. The van der Waals surface area contributed by atoms with Gasteiger partial charge < -0.3 is 9.26 Å². The second kappa shape index (κ2) is 4.36. The van der Waals surface area contributed by atoms with Crippen LogP contribution in [-0.4, -0.2) is 12.3 Å². The Labute approximate surface area is 92.6 Å². The number of alkyl halides is 1. The van der Waals surface area contributed by atoms with Gasteiger partial charge in [-0.15, -0.1) is 11.6 Å². The van der Waals surface area contributed by atoms with E-state index in [2.05, 4.69) is 5.16 Å². The molecule has 0 radical (unpaired) electrons. The molecule has 2 rings (SSSR count). The van der Waals surface area contributed by atoms with E-state index in [1.807, 2.05) is 24.3 Å². The van der Waals surface area contributed by atoms with Crippen molar-refractivity contribution in [1.82, 2.24) is 5.16 Å². The Morgan fingerprint density at radius 2 is 2.33 bits per heavy atom. The molecule has 0 atom stereocenters. The van der Waals surface area contributed by atoms with E-state index in [4.69, 9.17) is 20.9 Å². The van der Waals surface area contributed by atoms with Gasteiger partial charge in [-0.3, -0.25) is 0 Å². The maximum absolute atomic E-state index is 5.77. The first-order valence-electron chi connectivity index (χ1n) is 4.49. The number of methoxy groups -OCH3 is 1. The normalized spacial score (nSPS) is 10.3. The van der Waals surface area contributed by atoms with Crippen molar-refractivity contribution in [2.45, 2.75) is 5.88 Å². The summed E-state index contributed by atoms with van der Waals surface area (Å²) in [7, 11) is 1.63. The molecule has 15 heavy (non-hydrogen) atoms. The molecule has 4 heteroatoms. The van der Waals surface area contributed by atoms with Crippen molar-refractivity contribution in [2.24, 2.45) is 0 Å². The first kappa shape index (κ1) is 10.1. The summed E-state index contributed by atoms with van der Waals surface area (Å²) >= 11 is 5.77. The van der Waals surface area contributed by atoms with Crippen LogP contribution in [0.2, 0.25) is 0 Å². The quantitative estimate of drug-likeness (QED) is 0.750. The molecule has 0 fully saturated rings. The number of ether oxygens (including phenoxy) is 1. The summed E-state index contributed by atoms with van der Waals surface area (Å²) < 4.78 is 10.3. The summed E-state index contributed by atoms with van der Waals surface area (Å²) in [6.07, 6.45) is 1.63. The minimum absolute atomic E-state index is 0.385. The van der Waals surface area contributed by atoms with E-state index in [9.17, 15) is 0 Å². The average Bonchev–Trinajstić information content (AvgIpc) is 2.77. The molecule has 0 aliphatic carbocycles. The lowest BCUT2D eigenvalue weighted by Gasteiger charge is -2.02. The molecule has 0 bridgehead atoms. The molecule has 0 spiro atoms. The Morgan fingerprint density at radius 3 is 3.07 bits per heavy atom. The highest BCUT2D eigenvalue weighted by atomic mass is 35.5. The maximum Gasteiger partial charge on any atom is 0.171 e. The zero-order chi connectivity index (χ0) is 10.7. The van der Waals surface area contributed by atoms with E-state index < -0.39 is 0 Å². The number of benzene rings is 1. The molecule has 2 aromatic rings. The molecule has 0 N–H and O–H groups in total. The van der Waals surface area contributed by atoms with E-state index in [1.54, 1.807) is 13.3 Å². The monoisotopic (exact) mass is 223 g/mol. The minimum Gasteiger partial charge on any atom is -0.497 e. The molecule has 0 saturated carbocycles. The van der Waals surface area contributed by atoms with Crippen LogP contribution in [0.5, 0.6) is 5.75 Å². The summed E-state index contributed by atoms with van der Waals surface area (Å²) in [6.45, 7) is 0. The minimum atomic E-state index is 0.385. The van der Waals surface area contributed by atoms with Gasteiger partial charge in [0.05, 0.1) is 19.2 Å². The predicted octanol–water partition coefficient (Wildman–Crippen LogP) is 3.09. The molecule has 0 aliphatic rings. The number of aromatic nitrogens is 1. The topological polar surface area (TPSA) is 35.3 Å². The van der Waals surface area contributed by atoms with Gasteiger partial charge in [0, 0.05) is 11.1 Å². The third-order valence-corrected chi connectivity index (χ3v) is 2.41. The molecule has 0 saturated heterocycles. The predicted molar refractivity (Wildman–Crippen MR) is 58.0 cm³/mol. The zero-order valence-corrected chi connectivity index (χ0v) is 8.99. The van der Waals surface area contributed by atoms with Crippen LogP contribution in [0.15, 0.2) is 35.0 Å². The van der Waals surface area contributed by atoms with Gasteiger partial charge in [-0.1, -0.05) is 17.3 Å². The third-order valence-electron chi connectivity index (χ3n) is 2.12. The lowest BCUT2D eigenvalue weighted by atomic mass is 10.1. The Bertz CT molecular complexity index is 453. The van der Waals surface area contributed by atoms with Gasteiger partial charge in [-0.25, -0.2) is 0 Å². The molecule has 1 heterocycles. The molecular weight excluding hydrogens is 214 g/mol. The van der Waals surface area contributed by atoms with E-state index in [0.717, 1.165) is 16.9 Å². The Balaban J connectivity index is 2.44. The van der Waals surface area contributed by atoms with E-state index in [-0.39, 0.29) is 0 Å². The molecule has 0 unspecified atom stereocenters. The van der Waals surface area contributed by atoms with Crippen molar-refractivity contribution in [3.05, 3.63) is 36.0 Å². The summed E-state index contributed by atoms with van der Waals surface area (Å²) in [5.41, 5.74) is 1.80.